The van der Waals surface area contributed by atoms with Crippen LogP contribution in [0.1, 0.15) is 52.7 Å². The van der Waals surface area contributed by atoms with Crippen LogP contribution in [0.4, 0.5) is 17.1 Å². The van der Waals surface area contributed by atoms with Gasteiger partial charge in [0.1, 0.15) is 0 Å². The lowest BCUT2D eigenvalue weighted by Crippen LogP contribution is -2.14. The Morgan fingerprint density at radius 2 is 1.03 bits per heavy atom. The minimum absolute atomic E-state index is 0.121. The van der Waals surface area contributed by atoms with E-state index in [4.69, 9.17) is 0 Å². The van der Waals surface area contributed by atoms with Crippen LogP contribution in [0.3, 0.4) is 0 Å². The van der Waals surface area contributed by atoms with E-state index in [0.717, 1.165) is 28.3 Å². The molecule has 0 saturated heterocycles. The number of benzene rings is 4. The normalized spacial score (nSPS) is 12.2. The summed E-state index contributed by atoms with van der Waals surface area (Å²) >= 11 is 0. The van der Waals surface area contributed by atoms with Gasteiger partial charge in [-0.1, -0.05) is 96.1 Å². The zero-order valence-electron chi connectivity index (χ0n) is 22.3. The minimum Gasteiger partial charge on any atom is -0.355 e. The van der Waals surface area contributed by atoms with Crippen molar-refractivity contribution in [2.45, 2.75) is 52.4 Å². The van der Waals surface area contributed by atoms with Gasteiger partial charge in [0, 0.05) is 33.7 Å². The van der Waals surface area contributed by atoms with Gasteiger partial charge in [0.05, 0.1) is 0 Å². The van der Waals surface area contributed by atoms with Gasteiger partial charge in [-0.25, -0.2) is 0 Å². The number of hydrogen-bond donors (Lipinski definition) is 1. The number of H-pyrrole nitrogens is 1. The molecule has 0 aliphatic heterocycles. The smallest absolute Gasteiger partial charge is 0.0469 e. The van der Waals surface area contributed by atoms with Crippen molar-refractivity contribution in [1.29, 1.82) is 0 Å². The number of rotatable bonds is 4. The van der Waals surface area contributed by atoms with E-state index in [0.29, 0.717) is 0 Å². The Kier molecular flexibility index (Phi) is 6.00. The number of aromatic amines is 1. The molecule has 5 rings (SSSR count). The first kappa shape index (κ1) is 23.9. The molecule has 0 fully saturated rings. The van der Waals surface area contributed by atoms with E-state index in [1.165, 1.54) is 22.1 Å². The molecule has 2 nitrogen and oxygen atoms in total. The molecule has 0 spiro atoms. The van der Waals surface area contributed by atoms with Crippen LogP contribution in [0.2, 0.25) is 0 Å². The number of hydrogen-bond acceptors (Lipinski definition) is 1. The van der Waals surface area contributed by atoms with Gasteiger partial charge in [0.2, 0.25) is 0 Å². The molecule has 1 heterocycles. The number of aromatic nitrogens is 1. The lowest BCUT2D eigenvalue weighted by Gasteiger charge is -2.28. The molecule has 0 aliphatic carbocycles. The van der Waals surface area contributed by atoms with Crippen LogP contribution in [0.5, 0.6) is 0 Å². The van der Waals surface area contributed by atoms with Gasteiger partial charge in [-0.05, 0) is 76.1 Å². The van der Waals surface area contributed by atoms with Crippen LogP contribution in [-0.4, -0.2) is 4.98 Å². The van der Waals surface area contributed by atoms with Gasteiger partial charge in [0.15, 0.2) is 0 Å². The predicted octanol–water partition coefficient (Wildman–Crippen LogP) is 9.90. The molecule has 0 bridgehead atoms. The first-order chi connectivity index (χ1) is 17.1. The summed E-state index contributed by atoms with van der Waals surface area (Å²) in [6.07, 6.45) is 0. The topological polar surface area (TPSA) is 19.0 Å². The number of nitrogens with zero attached hydrogens (tertiary/aromatic N) is 1. The van der Waals surface area contributed by atoms with Gasteiger partial charge >= 0.3 is 0 Å². The Morgan fingerprint density at radius 3 is 1.53 bits per heavy atom. The lowest BCUT2D eigenvalue weighted by molar-refractivity contribution is 0.590. The van der Waals surface area contributed by atoms with Crippen LogP contribution >= 0.6 is 0 Å². The number of anilines is 3. The van der Waals surface area contributed by atoms with Crippen LogP contribution < -0.4 is 4.90 Å². The highest BCUT2D eigenvalue weighted by atomic mass is 15.1. The summed E-state index contributed by atoms with van der Waals surface area (Å²) in [6, 6.07) is 37.5. The van der Waals surface area contributed by atoms with Crippen molar-refractivity contribution < 1.29 is 0 Å². The second-order valence-electron chi connectivity index (χ2n) is 11.7. The Hall–Kier alpha value is -3.78. The minimum atomic E-state index is 0.121. The summed E-state index contributed by atoms with van der Waals surface area (Å²) < 4.78 is 0. The Balaban J connectivity index is 1.61. The molecule has 0 unspecified atom stereocenters. The first-order valence-electron chi connectivity index (χ1n) is 12.8. The third-order valence-corrected chi connectivity index (χ3v) is 6.93. The molecule has 4 aromatic carbocycles. The van der Waals surface area contributed by atoms with Crippen LogP contribution in [0.25, 0.3) is 22.2 Å². The largest absolute Gasteiger partial charge is 0.355 e. The molecular weight excluding hydrogens is 436 g/mol. The average Bonchev–Trinajstić information content (AvgIpc) is 3.28. The summed E-state index contributed by atoms with van der Waals surface area (Å²) in [5.41, 5.74) is 9.85. The Bertz CT molecular complexity index is 1400. The van der Waals surface area contributed by atoms with Gasteiger partial charge in [-0.3, -0.25) is 0 Å². The number of nitrogens with one attached hydrogen (secondary N) is 1. The van der Waals surface area contributed by atoms with Crippen molar-refractivity contribution in [2.75, 3.05) is 4.90 Å². The predicted molar refractivity (Wildman–Crippen MR) is 156 cm³/mol. The summed E-state index contributed by atoms with van der Waals surface area (Å²) in [7, 11) is 0. The summed E-state index contributed by atoms with van der Waals surface area (Å²) in [6.45, 7) is 13.6. The van der Waals surface area contributed by atoms with Crippen molar-refractivity contribution in [3.8, 4) is 11.3 Å². The van der Waals surface area contributed by atoms with Crippen LogP contribution in [0, 0.1) is 0 Å². The Labute approximate surface area is 215 Å². The highest BCUT2D eigenvalue weighted by molar-refractivity contribution is 5.91. The summed E-state index contributed by atoms with van der Waals surface area (Å²) in [5, 5.41) is 1.20. The van der Waals surface area contributed by atoms with Crippen LogP contribution in [-0.2, 0) is 10.8 Å². The van der Waals surface area contributed by atoms with E-state index in [-0.39, 0.29) is 10.8 Å². The molecule has 1 aromatic heterocycles. The van der Waals surface area contributed by atoms with E-state index in [2.05, 4.69) is 155 Å². The molecule has 0 atom stereocenters. The van der Waals surface area contributed by atoms with Crippen molar-refractivity contribution in [2.24, 2.45) is 0 Å². The molecule has 182 valence electrons. The molecule has 36 heavy (non-hydrogen) atoms. The van der Waals surface area contributed by atoms with E-state index < -0.39 is 0 Å². The molecular formula is C34H36N2. The molecule has 1 N–H and O–H groups in total. The molecule has 0 saturated carbocycles. The molecule has 0 amide bonds. The zero-order chi connectivity index (χ0) is 25.5. The fourth-order valence-electron chi connectivity index (χ4n) is 4.70. The lowest BCUT2D eigenvalue weighted by atomic mass is 9.86. The first-order valence-corrected chi connectivity index (χ1v) is 12.8. The monoisotopic (exact) mass is 472 g/mol. The van der Waals surface area contributed by atoms with E-state index >= 15 is 0 Å². The van der Waals surface area contributed by atoms with Gasteiger partial charge in [-0.2, -0.15) is 0 Å². The average molecular weight is 473 g/mol. The third kappa shape index (κ3) is 4.81. The van der Waals surface area contributed by atoms with Crippen LogP contribution in [0.15, 0.2) is 103 Å². The number of fused-ring (bicyclic) bond motifs is 1. The van der Waals surface area contributed by atoms with Crippen molar-refractivity contribution in [3.63, 3.8) is 0 Å². The van der Waals surface area contributed by atoms with E-state index in [1.807, 2.05) is 0 Å². The van der Waals surface area contributed by atoms with Gasteiger partial charge < -0.3 is 9.88 Å². The van der Waals surface area contributed by atoms with Crippen molar-refractivity contribution in [1.82, 2.24) is 4.98 Å². The second kappa shape index (κ2) is 9.02. The summed E-state index contributed by atoms with van der Waals surface area (Å²) in [4.78, 5) is 5.94. The van der Waals surface area contributed by atoms with E-state index in [1.54, 1.807) is 0 Å². The third-order valence-electron chi connectivity index (χ3n) is 6.93. The highest BCUT2D eigenvalue weighted by Gasteiger charge is 2.19. The molecule has 0 radical (unpaired) electrons. The van der Waals surface area contributed by atoms with E-state index in [9.17, 15) is 0 Å². The molecule has 5 aromatic rings. The maximum Gasteiger partial charge on any atom is 0.0469 e. The van der Waals surface area contributed by atoms with Crippen molar-refractivity contribution in [3.05, 3.63) is 114 Å². The van der Waals surface area contributed by atoms with Gasteiger partial charge in [0.25, 0.3) is 0 Å². The molecule has 2 heteroatoms. The standard InChI is InChI=1S/C34H36N2/c1-33(2,3)26-12-16-28(17-13-26)36(29-18-14-27(15-19-29)34(4,5)6)30-20-21-31-25(22-30)23-32(35-31)24-10-8-7-9-11-24/h7-23,35H,1-6H3. The SMILES string of the molecule is CC(C)(C)c1ccc(N(c2ccc(C(C)(C)C)cc2)c2ccc3[nH]c(-c4ccccc4)cc3c2)cc1. The van der Waals surface area contributed by atoms with Gasteiger partial charge in [-0.15, -0.1) is 0 Å². The second-order valence-corrected chi connectivity index (χ2v) is 11.7. The quantitative estimate of drug-likeness (QED) is 0.276. The maximum atomic E-state index is 3.59. The Morgan fingerprint density at radius 1 is 0.528 bits per heavy atom. The maximum absolute atomic E-state index is 3.59. The fraction of sp³-hybridized carbons (Fsp3) is 0.235. The molecule has 0 aliphatic rings. The fourth-order valence-corrected chi connectivity index (χ4v) is 4.70. The van der Waals surface area contributed by atoms with Crippen molar-refractivity contribution >= 4 is 28.0 Å². The zero-order valence-corrected chi connectivity index (χ0v) is 22.3. The summed E-state index contributed by atoms with van der Waals surface area (Å²) in [5.74, 6) is 0. The highest BCUT2D eigenvalue weighted by Crippen LogP contribution is 2.38.